The number of nitrogens with zero attached hydrogens (tertiary/aromatic N) is 1. The molecule has 1 unspecified atom stereocenters. The number of benzene rings is 1. The molecule has 0 saturated heterocycles. The minimum Gasteiger partial charge on any atom is -0.243 e. The maximum Gasteiger partial charge on any atom is 0.242 e. The molecule has 0 bridgehead atoms. The normalized spacial score (nSPS) is 15.9. The van der Waals surface area contributed by atoms with Crippen LogP contribution >= 0.6 is 11.6 Å². The Bertz CT molecular complexity index is 804. The monoisotopic (exact) mass is 350 g/mol. The average Bonchev–Trinajstić information content (AvgIpc) is 2.54. The van der Waals surface area contributed by atoms with Gasteiger partial charge in [-0.25, -0.2) is 18.1 Å². The number of aromatic nitrogens is 1. The van der Waals surface area contributed by atoms with Gasteiger partial charge in [0.05, 0.1) is 0 Å². The average molecular weight is 351 g/mol. The van der Waals surface area contributed by atoms with Gasteiger partial charge in [-0.2, -0.15) is 0 Å². The molecule has 1 aromatic heterocycles. The van der Waals surface area contributed by atoms with Gasteiger partial charge in [0.1, 0.15) is 10.0 Å². The molecule has 1 aliphatic rings. The smallest absolute Gasteiger partial charge is 0.242 e. The summed E-state index contributed by atoms with van der Waals surface area (Å²) in [5.41, 5.74) is 3.71. The predicted molar refractivity (Wildman–Crippen MR) is 91.1 cm³/mol. The third-order valence-electron chi connectivity index (χ3n) is 4.22. The highest BCUT2D eigenvalue weighted by Gasteiger charge is 2.20. The number of hydrogen-bond acceptors (Lipinski definition) is 3. The molecule has 0 aliphatic heterocycles. The first-order valence-corrected chi connectivity index (χ1v) is 9.57. The van der Waals surface area contributed by atoms with Crippen LogP contribution in [0.25, 0.3) is 0 Å². The molecule has 1 aliphatic carbocycles. The molecule has 0 saturated carbocycles. The molecule has 0 radical (unpaired) electrons. The van der Waals surface area contributed by atoms with Gasteiger partial charge in [0.2, 0.25) is 10.0 Å². The predicted octanol–water partition coefficient (Wildman–Crippen LogP) is 3.65. The summed E-state index contributed by atoms with van der Waals surface area (Å²) < 4.78 is 27.5. The van der Waals surface area contributed by atoms with Gasteiger partial charge in [-0.3, -0.25) is 0 Å². The van der Waals surface area contributed by atoms with E-state index in [1.807, 2.05) is 13.0 Å². The van der Waals surface area contributed by atoms with Gasteiger partial charge in [0, 0.05) is 12.2 Å². The van der Waals surface area contributed by atoms with Crippen LogP contribution in [-0.2, 0) is 22.9 Å². The van der Waals surface area contributed by atoms with E-state index in [4.69, 9.17) is 11.6 Å². The molecule has 1 N–H and O–H groups in total. The number of aryl methyl sites for hydroxylation is 2. The van der Waals surface area contributed by atoms with Crippen LogP contribution in [0, 0.1) is 0 Å². The van der Waals surface area contributed by atoms with E-state index in [0.29, 0.717) is 0 Å². The lowest BCUT2D eigenvalue weighted by atomic mass is 9.89. The van der Waals surface area contributed by atoms with E-state index in [1.165, 1.54) is 42.3 Å². The van der Waals surface area contributed by atoms with Crippen LogP contribution in [0.1, 0.15) is 42.5 Å². The maximum atomic E-state index is 12.4. The van der Waals surface area contributed by atoms with Crippen LogP contribution in [-0.4, -0.2) is 13.4 Å². The van der Waals surface area contributed by atoms with Crippen molar-refractivity contribution >= 4 is 21.6 Å². The lowest BCUT2D eigenvalue weighted by Gasteiger charge is -2.20. The third-order valence-corrected chi connectivity index (χ3v) is 5.96. The van der Waals surface area contributed by atoms with Gasteiger partial charge < -0.3 is 0 Å². The minimum absolute atomic E-state index is 0.117. The number of nitrogens with one attached hydrogen (secondary N) is 1. The molecule has 0 amide bonds. The molecule has 1 atom stereocenters. The van der Waals surface area contributed by atoms with Crippen LogP contribution < -0.4 is 4.72 Å². The van der Waals surface area contributed by atoms with Gasteiger partial charge in [-0.15, -0.1) is 0 Å². The fraction of sp³-hybridized carbons (Fsp3) is 0.353. The van der Waals surface area contributed by atoms with E-state index in [0.717, 1.165) is 18.4 Å². The molecule has 23 heavy (non-hydrogen) atoms. The number of halogens is 1. The molecule has 2 aromatic rings. The highest BCUT2D eigenvalue weighted by molar-refractivity contribution is 7.89. The molecule has 4 nitrogen and oxygen atoms in total. The first kappa shape index (κ1) is 16.4. The largest absolute Gasteiger partial charge is 0.243 e. The van der Waals surface area contributed by atoms with Gasteiger partial charge in [-0.1, -0.05) is 29.8 Å². The Morgan fingerprint density at radius 3 is 2.57 bits per heavy atom. The number of hydrogen-bond donors (Lipinski definition) is 1. The van der Waals surface area contributed by atoms with E-state index in [-0.39, 0.29) is 16.1 Å². The van der Waals surface area contributed by atoms with Crippen LogP contribution in [0.15, 0.2) is 41.4 Å². The van der Waals surface area contributed by atoms with Crippen molar-refractivity contribution in [2.24, 2.45) is 0 Å². The van der Waals surface area contributed by atoms with E-state index in [1.54, 1.807) is 0 Å². The zero-order valence-electron chi connectivity index (χ0n) is 12.9. The zero-order valence-corrected chi connectivity index (χ0v) is 14.5. The van der Waals surface area contributed by atoms with Gasteiger partial charge >= 0.3 is 0 Å². The second-order valence-corrected chi connectivity index (χ2v) is 8.00. The van der Waals surface area contributed by atoms with Crippen LogP contribution in [0.4, 0.5) is 0 Å². The Morgan fingerprint density at radius 2 is 1.87 bits per heavy atom. The summed E-state index contributed by atoms with van der Waals surface area (Å²) in [6.07, 6.45) is 5.89. The standard InChI is InChI=1S/C17H19ClN2O2S/c1-12(14-7-6-13-4-2-3-5-15(13)10-14)20-23(21,22)16-8-9-17(18)19-11-16/h6-12,20H,2-5H2,1H3. The Morgan fingerprint density at radius 1 is 1.13 bits per heavy atom. The Labute approximate surface area is 142 Å². The molecule has 0 fully saturated rings. The highest BCUT2D eigenvalue weighted by Crippen LogP contribution is 2.25. The number of pyridine rings is 1. The summed E-state index contributed by atoms with van der Waals surface area (Å²) in [4.78, 5) is 3.95. The Kier molecular flexibility index (Phi) is 4.71. The van der Waals surface area contributed by atoms with Crippen molar-refractivity contribution in [1.82, 2.24) is 9.71 Å². The fourth-order valence-electron chi connectivity index (χ4n) is 2.91. The van der Waals surface area contributed by atoms with Crippen molar-refractivity contribution in [3.8, 4) is 0 Å². The van der Waals surface area contributed by atoms with Crippen molar-refractivity contribution in [3.05, 3.63) is 58.4 Å². The molecule has 3 rings (SSSR count). The van der Waals surface area contributed by atoms with E-state index in [2.05, 4.69) is 21.8 Å². The molecule has 0 spiro atoms. The molecule has 1 aromatic carbocycles. The molecule has 122 valence electrons. The second kappa shape index (κ2) is 6.59. The topological polar surface area (TPSA) is 59.1 Å². The molecule has 6 heteroatoms. The minimum atomic E-state index is -3.62. The van der Waals surface area contributed by atoms with Gasteiger partial charge in [0.15, 0.2) is 0 Å². The van der Waals surface area contributed by atoms with E-state index < -0.39 is 10.0 Å². The van der Waals surface area contributed by atoms with Crippen molar-refractivity contribution in [3.63, 3.8) is 0 Å². The second-order valence-electron chi connectivity index (χ2n) is 5.89. The molecular weight excluding hydrogens is 332 g/mol. The molecular formula is C17H19ClN2O2S. The van der Waals surface area contributed by atoms with Crippen LogP contribution in [0.2, 0.25) is 5.15 Å². The van der Waals surface area contributed by atoms with Gasteiger partial charge in [0.25, 0.3) is 0 Å². The van der Waals surface area contributed by atoms with Gasteiger partial charge in [-0.05, 0) is 61.4 Å². The summed E-state index contributed by atoms with van der Waals surface area (Å²) in [5.74, 6) is 0. The summed E-state index contributed by atoms with van der Waals surface area (Å²) in [7, 11) is -3.62. The highest BCUT2D eigenvalue weighted by atomic mass is 35.5. The lowest BCUT2D eigenvalue weighted by Crippen LogP contribution is -2.27. The lowest BCUT2D eigenvalue weighted by molar-refractivity contribution is 0.566. The number of rotatable bonds is 4. The van der Waals surface area contributed by atoms with Crippen molar-refractivity contribution in [2.45, 2.75) is 43.5 Å². The number of sulfonamides is 1. The maximum absolute atomic E-state index is 12.4. The third kappa shape index (κ3) is 3.74. The summed E-state index contributed by atoms with van der Waals surface area (Å²) in [6.45, 7) is 1.85. The van der Waals surface area contributed by atoms with E-state index >= 15 is 0 Å². The first-order chi connectivity index (χ1) is 11.0. The first-order valence-electron chi connectivity index (χ1n) is 7.71. The Hall–Kier alpha value is -1.43. The quantitative estimate of drug-likeness (QED) is 0.856. The SMILES string of the molecule is CC(NS(=O)(=O)c1ccc(Cl)nc1)c1ccc2c(c1)CCCC2. The Balaban J connectivity index is 1.80. The number of fused-ring (bicyclic) bond motifs is 1. The summed E-state index contributed by atoms with van der Waals surface area (Å²) >= 11 is 5.70. The van der Waals surface area contributed by atoms with Crippen molar-refractivity contribution in [1.29, 1.82) is 0 Å². The van der Waals surface area contributed by atoms with E-state index in [9.17, 15) is 8.42 Å². The summed E-state index contributed by atoms with van der Waals surface area (Å²) in [5, 5.41) is 0.270. The van der Waals surface area contributed by atoms with Crippen LogP contribution in [0.3, 0.4) is 0 Å². The van der Waals surface area contributed by atoms with Crippen LogP contribution in [0.5, 0.6) is 0 Å². The fourth-order valence-corrected chi connectivity index (χ4v) is 4.20. The zero-order chi connectivity index (χ0) is 16.4. The molecule has 1 heterocycles. The van der Waals surface area contributed by atoms with Crippen molar-refractivity contribution in [2.75, 3.05) is 0 Å². The van der Waals surface area contributed by atoms with Crippen molar-refractivity contribution < 1.29 is 8.42 Å². The summed E-state index contributed by atoms with van der Waals surface area (Å²) in [6, 6.07) is 8.89.